The van der Waals surface area contributed by atoms with Gasteiger partial charge in [-0.3, -0.25) is 9.69 Å². The Labute approximate surface area is 119 Å². The van der Waals surface area contributed by atoms with Gasteiger partial charge in [0.15, 0.2) is 5.76 Å². The lowest BCUT2D eigenvalue weighted by Crippen LogP contribution is -2.43. The van der Waals surface area contributed by atoms with E-state index < -0.39 is 23.7 Å². The van der Waals surface area contributed by atoms with E-state index in [1.807, 2.05) is 0 Å². The third-order valence-electron chi connectivity index (χ3n) is 3.27. The third-order valence-corrected chi connectivity index (χ3v) is 3.27. The number of furan rings is 1. The molecule has 2 heterocycles. The van der Waals surface area contributed by atoms with Crippen LogP contribution in [0.4, 0.5) is 10.1 Å². The Morgan fingerprint density at radius 1 is 1.24 bits per heavy atom. The van der Waals surface area contributed by atoms with E-state index in [9.17, 15) is 14.0 Å². The monoisotopic (exact) mass is 289 g/mol. The van der Waals surface area contributed by atoms with E-state index in [4.69, 9.17) is 9.15 Å². The van der Waals surface area contributed by atoms with E-state index >= 15 is 0 Å². The fourth-order valence-electron chi connectivity index (χ4n) is 2.28. The summed E-state index contributed by atoms with van der Waals surface area (Å²) in [4.78, 5) is 25.6. The van der Waals surface area contributed by atoms with Gasteiger partial charge < -0.3 is 9.15 Å². The van der Waals surface area contributed by atoms with Crippen LogP contribution in [0.5, 0.6) is 0 Å². The predicted octanol–water partition coefficient (Wildman–Crippen LogP) is 2.38. The highest BCUT2D eigenvalue weighted by Crippen LogP contribution is 2.25. The maximum atomic E-state index is 13.1. The first kappa shape index (κ1) is 13.4. The van der Waals surface area contributed by atoms with E-state index in [-0.39, 0.29) is 12.4 Å². The molecule has 21 heavy (non-hydrogen) atoms. The number of anilines is 1. The number of carbonyl (C=O) groups is 2. The molecule has 0 radical (unpaired) electrons. The van der Waals surface area contributed by atoms with Crippen molar-refractivity contribution in [1.82, 2.24) is 0 Å². The number of carbonyl (C=O) groups excluding carboxylic acids is 2. The Bertz CT molecular complexity index is 651. The summed E-state index contributed by atoms with van der Waals surface area (Å²) in [5.74, 6) is -1.24. The quantitative estimate of drug-likeness (QED) is 0.814. The van der Waals surface area contributed by atoms with Crippen molar-refractivity contribution in [3.05, 3.63) is 54.2 Å². The van der Waals surface area contributed by atoms with Gasteiger partial charge in [-0.15, -0.1) is 0 Å². The molecular weight excluding hydrogens is 277 g/mol. The standard InChI is InChI=1S/C15H12FNO4/c16-10-3-5-11(6-4-10)17(12-7-9-21-15(12)19)14(18)13-2-1-8-20-13/h1-6,8,12H,7,9H2. The molecule has 5 nitrogen and oxygen atoms in total. The summed E-state index contributed by atoms with van der Waals surface area (Å²) in [6.45, 7) is 0.257. The van der Waals surface area contributed by atoms with Crippen LogP contribution in [0.1, 0.15) is 17.0 Å². The SMILES string of the molecule is O=C1OCCC1N(C(=O)c1ccco1)c1ccc(F)cc1. The van der Waals surface area contributed by atoms with E-state index in [0.717, 1.165) is 0 Å². The molecular formula is C15H12FNO4. The van der Waals surface area contributed by atoms with Gasteiger partial charge in [-0.2, -0.15) is 0 Å². The molecule has 0 spiro atoms. The highest BCUT2D eigenvalue weighted by Gasteiger charge is 2.37. The molecule has 0 saturated carbocycles. The van der Waals surface area contributed by atoms with Gasteiger partial charge in [0.2, 0.25) is 0 Å². The number of rotatable bonds is 3. The minimum absolute atomic E-state index is 0.110. The van der Waals surface area contributed by atoms with Gasteiger partial charge in [-0.25, -0.2) is 9.18 Å². The van der Waals surface area contributed by atoms with E-state index in [2.05, 4.69) is 0 Å². The topological polar surface area (TPSA) is 59.8 Å². The molecule has 1 fully saturated rings. The smallest absolute Gasteiger partial charge is 0.329 e. The van der Waals surface area contributed by atoms with Crippen molar-refractivity contribution >= 4 is 17.6 Å². The number of benzene rings is 1. The summed E-state index contributed by atoms with van der Waals surface area (Å²) in [6, 6.07) is 7.73. The summed E-state index contributed by atoms with van der Waals surface area (Å²) in [5.41, 5.74) is 0.418. The summed E-state index contributed by atoms with van der Waals surface area (Å²) in [6.07, 6.45) is 1.77. The lowest BCUT2D eigenvalue weighted by Gasteiger charge is -2.25. The molecule has 1 aromatic carbocycles. The van der Waals surface area contributed by atoms with Crippen LogP contribution in [0, 0.1) is 5.82 Å². The Kier molecular flexibility index (Phi) is 3.43. The highest BCUT2D eigenvalue weighted by molar-refractivity contribution is 6.08. The molecule has 1 aliphatic rings. The van der Waals surface area contributed by atoms with Crippen molar-refractivity contribution < 1.29 is 23.1 Å². The van der Waals surface area contributed by atoms with Gasteiger partial charge in [-0.05, 0) is 36.4 Å². The lowest BCUT2D eigenvalue weighted by molar-refractivity contribution is -0.139. The van der Waals surface area contributed by atoms with Crippen molar-refractivity contribution in [3.63, 3.8) is 0 Å². The molecule has 0 aliphatic carbocycles. The van der Waals surface area contributed by atoms with E-state index in [1.54, 1.807) is 6.07 Å². The van der Waals surface area contributed by atoms with Crippen molar-refractivity contribution in [1.29, 1.82) is 0 Å². The molecule has 1 unspecified atom stereocenters. The van der Waals surface area contributed by atoms with E-state index in [0.29, 0.717) is 12.1 Å². The van der Waals surface area contributed by atoms with Gasteiger partial charge >= 0.3 is 5.97 Å². The van der Waals surface area contributed by atoms with Crippen LogP contribution in [-0.2, 0) is 9.53 Å². The average Bonchev–Trinajstić information content (AvgIpc) is 3.13. The number of nitrogens with zero attached hydrogens (tertiary/aromatic N) is 1. The maximum Gasteiger partial charge on any atom is 0.329 e. The van der Waals surface area contributed by atoms with Crippen LogP contribution in [0.2, 0.25) is 0 Å². The molecule has 1 saturated heterocycles. The van der Waals surface area contributed by atoms with Crippen LogP contribution in [0.15, 0.2) is 47.1 Å². The highest BCUT2D eigenvalue weighted by atomic mass is 19.1. The van der Waals surface area contributed by atoms with E-state index in [1.165, 1.54) is 41.5 Å². The minimum atomic E-state index is -0.729. The number of ether oxygens (including phenoxy) is 1. The molecule has 1 aliphatic heterocycles. The molecule has 0 bridgehead atoms. The van der Waals surface area contributed by atoms with Crippen LogP contribution in [0.3, 0.4) is 0 Å². The van der Waals surface area contributed by atoms with Crippen LogP contribution >= 0.6 is 0 Å². The molecule has 3 rings (SSSR count). The van der Waals surface area contributed by atoms with Gasteiger partial charge in [-0.1, -0.05) is 0 Å². The fraction of sp³-hybridized carbons (Fsp3) is 0.200. The van der Waals surface area contributed by atoms with Gasteiger partial charge in [0.05, 0.1) is 12.9 Å². The second-order valence-electron chi connectivity index (χ2n) is 4.60. The average molecular weight is 289 g/mol. The zero-order valence-corrected chi connectivity index (χ0v) is 11.0. The zero-order valence-electron chi connectivity index (χ0n) is 11.0. The van der Waals surface area contributed by atoms with Gasteiger partial charge in [0.1, 0.15) is 11.9 Å². The molecule has 1 amide bonds. The number of hydrogen-bond acceptors (Lipinski definition) is 4. The fourth-order valence-corrected chi connectivity index (χ4v) is 2.28. The maximum absolute atomic E-state index is 13.1. The summed E-state index contributed by atoms with van der Waals surface area (Å²) in [5, 5.41) is 0. The summed E-state index contributed by atoms with van der Waals surface area (Å²) >= 11 is 0. The largest absolute Gasteiger partial charge is 0.464 e. The number of esters is 1. The van der Waals surface area contributed by atoms with Crippen molar-refractivity contribution in [2.45, 2.75) is 12.5 Å². The summed E-state index contributed by atoms with van der Waals surface area (Å²) < 4.78 is 23.1. The Hall–Kier alpha value is -2.63. The van der Waals surface area contributed by atoms with Crippen molar-refractivity contribution in [2.75, 3.05) is 11.5 Å². The lowest BCUT2D eigenvalue weighted by atomic mass is 10.1. The normalized spacial score (nSPS) is 17.6. The second kappa shape index (κ2) is 5.40. The number of cyclic esters (lactones) is 1. The first-order valence-corrected chi connectivity index (χ1v) is 6.46. The Balaban J connectivity index is 2.00. The first-order chi connectivity index (χ1) is 10.2. The predicted molar refractivity (Wildman–Crippen MR) is 71.3 cm³/mol. The van der Waals surface area contributed by atoms with Gasteiger partial charge in [0, 0.05) is 12.1 Å². The molecule has 108 valence electrons. The number of hydrogen-bond donors (Lipinski definition) is 0. The van der Waals surface area contributed by atoms with Crippen molar-refractivity contribution in [2.24, 2.45) is 0 Å². The molecule has 2 aromatic rings. The molecule has 1 atom stereocenters. The second-order valence-corrected chi connectivity index (χ2v) is 4.60. The summed E-state index contributed by atoms with van der Waals surface area (Å²) in [7, 11) is 0. The number of halogens is 1. The minimum Gasteiger partial charge on any atom is -0.464 e. The zero-order chi connectivity index (χ0) is 14.8. The van der Waals surface area contributed by atoms with Crippen LogP contribution in [0.25, 0.3) is 0 Å². The Morgan fingerprint density at radius 3 is 2.57 bits per heavy atom. The van der Waals surface area contributed by atoms with Crippen LogP contribution in [-0.4, -0.2) is 24.5 Å². The Morgan fingerprint density at radius 2 is 2.00 bits per heavy atom. The van der Waals surface area contributed by atoms with Crippen molar-refractivity contribution in [3.8, 4) is 0 Å². The third kappa shape index (κ3) is 2.52. The number of amides is 1. The van der Waals surface area contributed by atoms with Crippen LogP contribution < -0.4 is 4.90 Å². The molecule has 1 aromatic heterocycles. The first-order valence-electron chi connectivity index (χ1n) is 6.46. The van der Waals surface area contributed by atoms with Gasteiger partial charge in [0.25, 0.3) is 5.91 Å². The molecule has 0 N–H and O–H groups in total. The molecule has 6 heteroatoms.